The van der Waals surface area contributed by atoms with Crippen LogP contribution in [0.1, 0.15) is 54.8 Å². The summed E-state index contributed by atoms with van der Waals surface area (Å²) >= 11 is 6.24. The number of β-amino-alcohol motifs (C(OH)–C–C–N with tert-alkyl or cyclic N) is 1. The summed E-state index contributed by atoms with van der Waals surface area (Å²) in [5.41, 5.74) is 3.35. The number of halogens is 2. The molecule has 1 aliphatic heterocycles. The van der Waals surface area contributed by atoms with Crippen LogP contribution in [0.2, 0.25) is 5.02 Å². The van der Waals surface area contributed by atoms with Gasteiger partial charge in [0.2, 0.25) is 5.95 Å². The van der Waals surface area contributed by atoms with E-state index < -0.39 is 0 Å². The maximum atomic E-state index is 15.2. The first-order valence-electron chi connectivity index (χ1n) is 12.2. The molecule has 2 aromatic heterocycles. The normalized spacial score (nSPS) is 22.9. The number of nitrogens with one attached hydrogen (secondary N) is 3. The average Bonchev–Trinajstić information content (AvgIpc) is 3.46. The number of aromatic nitrogens is 4. The van der Waals surface area contributed by atoms with Crippen molar-refractivity contribution in [3.63, 3.8) is 0 Å². The number of hydrogen-bond acceptors (Lipinski definition) is 7. The minimum atomic E-state index is -0.327. The van der Waals surface area contributed by atoms with Gasteiger partial charge in [0.1, 0.15) is 10.8 Å². The van der Waals surface area contributed by atoms with Crippen molar-refractivity contribution in [3.8, 4) is 0 Å². The van der Waals surface area contributed by atoms with Crippen LogP contribution in [-0.4, -0.2) is 55.4 Å². The fourth-order valence-electron chi connectivity index (χ4n) is 5.32. The van der Waals surface area contributed by atoms with Crippen LogP contribution < -0.4 is 10.6 Å². The topological polar surface area (TPSA) is 102 Å². The zero-order valence-corrected chi connectivity index (χ0v) is 20.7. The van der Waals surface area contributed by atoms with Gasteiger partial charge >= 0.3 is 0 Å². The van der Waals surface area contributed by atoms with E-state index >= 15 is 4.39 Å². The number of aryl methyl sites for hydroxylation is 2. The molecule has 1 atom stereocenters. The molecule has 1 aliphatic carbocycles. The van der Waals surface area contributed by atoms with Gasteiger partial charge in [-0.1, -0.05) is 11.6 Å². The molecule has 2 aliphatic rings. The van der Waals surface area contributed by atoms with Crippen molar-refractivity contribution in [1.29, 1.82) is 0 Å². The summed E-state index contributed by atoms with van der Waals surface area (Å²) in [5, 5.41) is 23.2. The largest absolute Gasteiger partial charge is 0.392 e. The number of anilines is 4. The third-order valence-corrected chi connectivity index (χ3v) is 7.42. The number of H-pyrrole nitrogens is 1. The first kappa shape index (κ1) is 24.0. The zero-order chi connectivity index (χ0) is 24.5. The highest BCUT2D eigenvalue weighted by Crippen LogP contribution is 2.38. The lowest BCUT2D eigenvalue weighted by molar-refractivity contribution is 0.138. The van der Waals surface area contributed by atoms with E-state index in [1.807, 2.05) is 26.0 Å². The van der Waals surface area contributed by atoms with Crippen LogP contribution >= 0.6 is 11.6 Å². The lowest BCUT2D eigenvalue weighted by Gasteiger charge is -2.35. The Morgan fingerprint density at radius 1 is 1.11 bits per heavy atom. The van der Waals surface area contributed by atoms with Crippen LogP contribution in [0.15, 0.2) is 24.4 Å². The number of aliphatic hydroxyl groups excluding tert-OH is 1. The van der Waals surface area contributed by atoms with Crippen molar-refractivity contribution in [1.82, 2.24) is 25.1 Å². The summed E-state index contributed by atoms with van der Waals surface area (Å²) < 4.78 is 15.2. The number of benzene rings is 1. The predicted molar refractivity (Wildman–Crippen MR) is 135 cm³/mol. The molecule has 0 amide bonds. The quantitative estimate of drug-likeness (QED) is 0.370. The van der Waals surface area contributed by atoms with Crippen molar-refractivity contribution in [3.05, 3.63) is 52.1 Å². The minimum Gasteiger partial charge on any atom is -0.392 e. The molecule has 5 rings (SSSR count). The maximum absolute atomic E-state index is 15.2. The Labute approximate surface area is 209 Å². The lowest BCUT2D eigenvalue weighted by atomic mass is 9.79. The second kappa shape index (κ2) is 10.1. The molecule has 1 aromatic carbocycles. The summed E-state index contributed by atoms with van der Waals surface area (Å²) in [4.78, 5) is 11.0. The molecule has 0 spiro atoms. The molecular weight excluding hydrogens is 469 g/mol. The Morgan fingerprint density at radius 3 is 2.60 bits per heavy atom. The molecule has 35 heavy (non-hydrogen) atoms. The highest BCUT2D eigenvalue weighted by atomic mass is 35.5. The van der Waals surface area contributed by atoms with Gasteiger partial charge in [-0.3, -0.25) is 10.00 Å². The number of likely N-dealkylation sites (tertiary alicyclic amines) is 1. The van der Waals surface area contributed by atoms with Crippen molar-refractivity contribution in [2.75, 3.05) is 23.7 Å². The van der Waals surface area contributed by atoms with Crippen molar-refractivity contribution < 1.29 is 9.50 Å². The fraction of sp³-hybridized carbons (Fsp3) is 0.480. The third-order valence-electron chi connectivity index (χ3n) is 7.15. The number of hydrogen-bond donors (Lipinski definition) is 4. The van der Waals surface area contributed by atoms with Crippen LogP contribution in [-0.2, 0) is 0 Å². The van der Waals surface area contributed by atoms with E-state index in [2.05, 4.69) is 35.7 Å². The highest BCUT2D eigenvalue weighted by molar-refractivity contribution is 6.32. The summed E-state index contributed by atoms with van der Waals surface area (Å²) in [6.07, 6.45) is 6.39. The van der Waals surface area contributed by atoms with Crippen LogP contribution in [0.3, 0.4) is 0 Å². The smallest absolute Gasteiger partial charge is 0.229 e. The van der Waals surface area contributed by atoms with Gasteiger partial charge in [-0.25, -0.2) is 9.37 Å². The molecule has 8 nitrogen and oxygen atoms in total. The highest BCUT2D eigenvalue weighted by Gasteiger charge is 2.31. The van der Waals surface area contributed by atoms with Gasteiger partial charge in [-0.2, -0.15) is 10.1 Å². The van der Waals surface area contributed by atoms with Gasteiger partial charge in [-0.15, -0.1) is 0 Å². The van der Waals surface area contributed by atoms with E-state index in [9.17, 15) is 5.11 Å². The van der Waals surface area contributed by atoms with Crippen LogP contribution in [0, 0.1) is 19.7 Å². The monoisotopic (exact) mass is 499 g/mol. The van der Waals surface area contributed by atoms with E-state index in [-0.39, 0.29) is 17.9 Å². The predicted octanol–water partition coefficient (Wildman–Crippen LogP) is 5.19. The molecule has 1 saturated carbocycles. The first-order chi connectivity index (χ1) is 16.9. The second-order valence-electron chi connectivity index (χ2n) is 9.71. The van der Waals surface area contributed by atoms with E-state index in [1.165, 1.54) is 6.20 Å². The molecule has 1 saturated heterocycles. The van der Waals surface area contributed by atoms with Crippen LogP contribution in [0.5, 0.6) is 0 Å². The molecule has 3 aromatic rings. The molecule has 0 bridgehead atoms. The lowest BCUT2D eigenvalue weighted by Crippen LogP contribution is -2.36. The van der Waals surface area contributed by atoms with E-state index in [4.69, 9.17) is 11.6 Å². The molecule has 3 heterocycles. The molecule has 0 radical (unpaired) electrons. The molecule has 186 valence electrons. The number of aromatic amines is 1. The summed E-state index contributed by atoms with van der Waals surface area (Å²) in [6, 6.07) is 5.85. The van der Waals surface area contributed by atoms with E-state index in [0.29, 0.717) is 34.3 Å². The van der Waals surface area contributed by atoms with E-state index in [0.717, 1.165) is 62.0 Å². The SMILES string of the molecule is Cc1cc(Nc2nc(Nc3cc(C)c(C4CCC(N5CCC(O)C5)CC4)cc3F)ncc2Cl)n[nH]1. The Kier molecular flexibility index (Phi) is 6.91. The number of aliphatic hydroxyl groups is 1. The second-order valence-corrected chi connectivity index (χ2v) is 10.1. The Morgan fingerprint density at radius 2 is 1.91 bits per heavy atom. The molecule has 1 unspecified atom stereocenters. The van der Waals surface area contributed by atoms with E-state index in [1.54, 1.807) is 6.07 Å². The summed E-state index contributed by atoms with van der Waals surface area (Å²) in [6.45, 7) is 5.69. The average molecular weight is 500 g/mol. The van der Waals surface area contributed by atoms with Crippen LogP contribution in [0.25, 0.3) is 0 Å². The van der Waals surface area contributed by atoms with Gasteiger partial charge in [0.25, 0.3) is 0 Å². The number of rotatable bonds is 6. The van der Waals surface area contributed by atoms with Crippen molar-refractivity contribution in [2.45, 2.75) is 64.0 Å². The fourth-order valence-corrected chi connectivity index (χ4v) is 5.46. The Balaban J connectivity index is 1.27. The third kappa shape index (κ3) is 5.42. The maximum Gasteiger partial charge on any atom is 0.229 e. The molecule has 10 heteroatoms. The summed E-state index contributed by atoms with van der Waals surface area (Å²) in [7, 11) is 0. The van der Waals surface area contributed by atoms with Crippen LogP contribution in [0.4, 0.5) is 27.7 Å². The Hall–Kier alpha value is -2.75. The van der Waals surface area contributed by atoms with Gasteiger partial charge < -0.3 is 15.7 Å². The zero-order valence-electron chi connectivity index (χ0n) is 20.0. The van der Waals surface area contributed by atoms with Gasteiger partial charge in [0, 0.05) is 30.9 Å². The Bertz CT molecular complexity index is 1190. The molecule has 2 fully saturated rings. The van der Waals surface area contributed by atoms with Gasteiger partial charge in [-0.05, 0) is 75.1 Å². The summed E-state index contributed by atoms with van der Waals surface area (Å²) in [5.74, 6) is 1.22. The molecule has 4 N–H and O–H groups in total. The first-order valence-corrected chi connectivity index (χ1v) is 12.5. The van der Waals surface area contributed by atoms with Crippen molar-refractivity contribution in [2.24, 2.45) is 0 Å². The van der Waals surface area contributed by atoms with Gasteiger partial charge in [0.05, 0.1) is 18.0 Å². The minimum absolute atomic E-state index is 0.185. The van der Waals surface area contributed by atoms with Crippen molar-refractivity contribution >= 4 is 34.9 Å². The molecular formula is C25H31ClFN7O. The standard InChI is InChI=1S/C25H31ClFN7O/c1-14-9-22(29-25-28-12-20(26)24(31-25)30-23-10-15(2)32-33-23)21(27)11-19(14)16-3-5-17(6-4-16)34-8-7-18(35)13-34/h9-12,16-18,35H,3-8,13H2,1-2H3,(H3,28,29,30,31,32,33). The number of nitrogens with zero attached hydrogens (tertiary/aromatic N) is 4. The van der Waals surface area contributed by atoms with Gasteiger partial charge in [0.15, 0.2) is 11.6 Å².